The number of phenolic OH excluding ortho intramolecular Hbond substituents is 1. The van der Waals surface area contributed by atoms with Gasteiger partial charge in [-0.25, -0.2) is 0 Å². The molecule has 1 aromatic rings. The average molecular weight is 359 g/mol. The van der Waals surface area contributed by atoms with Crippen molar-refractivity contribution in [2.75, 3.05) is 26.2 Å². The van der Waals surface area contributed by atoms with E-state index in [9.17, 15) is 18.3 Å². The first-order chi connectivity index (χ1) is 9.87. The van der Waals surface area contributed by atoms with E-state index in [1.165, 1.54) is 12.1 Å². The Balaban J connectivity index is 0.00000242. The Bertz CT molecular complexity index is 480. The van der Waals surface area contributed by atoms with Crippen LogP contribution in [-0.4, -0.2) is 42.4 Å². The predicted molar refractivity (Wildman–Crippen MR) is 82.8 cm³/mol. The maximum Gasteiger partial charge on any atom is 0.389 e. The summed E-state index contributed by atoms with van der Waals surface area (Å²) in [4.78, 5) is 1.97. The Morgan fingerprint density at radius 3 is 2.50 bits per heavy atom. The quantitative estimate of drug-likeness (QED) is 0.860. The Hall–Kier alpha value is -0.690. The van der Waals surface area contributed by atoms with Crippen LogP contribution < -0.4 is 5.32 Å². The summed E-state index contributed by atoms with van der Waals surface area (Å²) in [6.07, 6.45) is -5.18. The monoisotopic (exact) mass is 358 g/mol. The van der Waals surface area contributed by atoms with Gasteiger partial charge in [0.25, 0.3) is 0 Å². The molecule has 126 valence electrons. The van der Waals surface area contributed by atoms with Crippen molar-refractivity contribution in [3.8, 4) is 5.75 Å². The molecule has 2 N–H and O–H groups in total. The van der Waals surface area contributed by atoms with E-state index in [1.54, 1.807) is 6.07 Å². The van der Waals surface area contributed by atoms with Gasteiger partial charge in [0.2, 0.25) is 0 Å². The van der Waals surface area contributed by atoms with E-state index < -0.39 is 18.6 Å². The molecule has 0 spiro atoms. The number of nitrogens with zero attached hydrogens (tertiary/aromatic N) is 1. The Kier molecular flexibility index (Phi) is 7.25. The van der Waals surface area contributed by atoms with Crippen LogP contribution in [-0.2, 0) is 0 Å². The van der Waals surface area contributed by atoms with E-state index in [2.05, 4.69) is 5.32 Å². The van der Waals surface area contributed by atoms with Gasteiger partial charge < -0.3 is 10.4 Å². The molecule has 0 saturated carbocycles. The third-order valence-electron chi connectivity index (χ3n) is 3.64. The lowest BCUT2D eigenvalue weighted by Crippen LogP contribution is -2.45. The van der Waals surface area contributed by atoms with E-state index in [1.807, 2.05) is 4.90 Å². The van der Waals surface area contributed by atoms with Gasteiger partial charge in [-0.2, -0.15) is 13.2 Å². The molecule has 1 aliphatic heterocycles. The summed E-state index contributed by atoms with van der Waals surface area (Å²) < 4.78 is 37.7. The number of hydrogen-bond donors (Lipinski definition) is 2. The molecule has 2 rings (SSSR count). The first kappa shape index (κ1) is 19.4. The molecule has 1 saturated heterocycles. The number of hydrogen-bond acceptors (Lipinski definition) is 3. The fourth-order valence-corrected chi connectivity index (χ4v) is 2.80. The number of phenols is 1. The molecule has 0 amide bonds. The van der Waals surface area contributed by atoms with Gasteiger partial charge in [0.15, 0.2) is 0 Å². The summed E-state index contributed by atoms with van der Waals surface area (Å²) in [6.45, 7) is 2.75. The highest BCUT2D eigenvalue weighted by Gasteiger charge is 2.32. The molecule has 1 aromatic carbocycles. The van der Waals surface area contributed by atoms with Gasteiger partial charge in [-0.05, 0) is 24.6 Å². The number of alkyl halides is 3. The molecule has 0 aliphatic carbocycles. The SMILES string of the molecule is Cl.Oc1ccc(Cl)cc1[C@@H](CCC(F)(F)F)N1CCNCC1. The summed E-state index contributed by atoms with van der Waals surface area (Å²) in [6, 6.07) is 4.03. The van der Waals surface area contributed by atoms with Gasteiger partial charge in [-0.15, -0.1) is 12.4 Å². The standard InChI is InChI=1S/C14H18ClF3N2O.ClH/c15-10-1-2-13(21)11(9-10)12(3-4-14(16,17)18)20-7-5-19-6-8-20;/h1-2,9,12,19,21H,3-8H2;1H/t12-;/m1./s1. The van der Waals surface area contributed by atoms with Crippen LogP contribution in [0.4, 0.5) is 13.2 Å². The second kappa shape index (κ2) is 8.24. The van der Waals surface area contributed by atoms with E-state index in [4.69, 9.17) is 11.6 Å². The summed E-state index contributed by atoms with van der Waals surface area (Å²) in [5, 5.41) is 13.6. The molecule has 0 unspecified atom stereocenters. The van der Waals surface area contributed by atoms with Crippen LogP contribution >= 0.6 is 24.0 Å². The van der Waals surface area contributed by atoms with E-state index in [0.29, 0.717) is 23.7 Å². The predicted octanol–water partition coefficient (Wildman–Crippen LogP) is 3.76. The zero-order valence-electron chi connectivity index (χ0n) is 11.9. The molecule has 8 heteroatoms. The van der Waals surface area contributed by atoms with Crippen molar-refractivity contribution in [1.29, 1.82) is 0 Å². The van der Waals surface area contributed by atoms with Crippen molar-refractivity contribution < 1.29 is 18.3 Å². The van der Waals surface area contributed by atoms with Crippen LogP contribution in [0.2, 0.25) is 5.02 Å². The molecular weight excluding hydrogens is 340 g/mol. The summed E-state index contributed by atoms with van der Waals surface area (Å²) in [7, 11) is 0. The van der Waals surface area contributed by atoms with Gasteiger partial charge in [0.1, 0.15) is 5.75 Å². The number of aromatic hydroxyl groups is 1. The number of piperazine rings is 1. The zero-order valence-corrected chi connectivity index (χ0v) is 13.4. The smallest absolute Gasteiger partial charge is 0.389 e. The van der Waals surface area contributed by atoms with Crippen molar-refractivity contribution in [2.24, 2.45) is 0 Å². The van der Waals surface area contributed by atoms with Crippen LogP contribution in [0.5, 0.6) is 5.75 Å². The Morgan fingerprint density at radius 2 is 1.91 bits per heavy atom. The molecule has 22 heavy (non-hydrogen) atoms. The molecule has 0 aromatic heterocycles. The van der Waals surface area contributed by atoms with Crippen molar-refractivity contribution in [1.82, 2.24) is 10.2 Å². The average Bonchev–Trinajstić information content (AvgIpc) is 2.43. The second-order valence-corrected chi connectivity index (χ2v) is 5.60. The second-order valence-electron chi connectivity index (χ2n) is 5.16. The van der Waals surface area contributed by atoms with Crippen LogP contribution in [0.3, 0.4) is 0 Å². The summed E-state index contributed by atoms with van der Waals surface area (Å²) in [5.41, 5.74) is 0.466. The molecule has 1 fully saturated rings. The molecule has 0 radical (unpaired) electrons. The lowest BCUT2D eigenvalue weighted by atomic mass is 9.98. The maximum absolute atomic E-state index is 12.6. The largest absolute Gasteiger partial charge is 0.508 e. The molecular formula is C14H19Cl2F3N2O. The van der Waals surface area contributed by atoms with E-state index in [-0.39, 0.29) is 24.6 Å². The van der Waals surface area contributed by atoms with Crippen LogP contribution in [0.1, 0.15) is 24.4 Å². The highest BCUT2D eigenvalue weighted by atomic mass is 35.5. The normalized spacial score (nSPS) is 17.8. The number of rotatable bonds is 4. The molecule has 3 nitrogen and oxygen atoms in total. The topological polar surface area (TPSA) is 35.5 Å². The lowest BCUT2D eigenvalue weighted by Gasteiger charge is -2.35. The van der Waals surface area contributed by atoms with Crippen LogP contribution in [0, 0.1) is 0 Å². The Morgan fingerprint density at radius 1 is 1.27 bits per heavy atom. The Labute approximate surface area is 138 Å². The fraction of sp³-hybridized carbons (Fsp3) is 0.571. The van der Waals surface area contributed by atoms with Crippen LogP contribution in [0.25, 0.3) is 0 Å². The minimum atomic E-state index is -4.21. The fourth-order valence-electron chi connectivity index (χ4n) is 2.62. The highest BCUT2D eigenvalue weighted by molar-refractivity contribution is 6.30. The van der Waals surface area contributed by atoms with Crippen molar-refractivity contribution in [3.63, 3.8) is 0 Å². The van der Waals surface area contributed by atoms with E-state index >= 15 is 0 Å². The minimum Gasteiger partial charge on any atom is -0.508 e. The molecule has 1 atom stereocenters. The first-order valence-electron chi connectivity index (χ1n) is 6.87. The van der Waals surface area contributed by atoms with Gasteiger partial charge in [0.05, 0.1) is 0 Å². The van der Waals surface area contributed by atoms with Crippen molar-refractivity contribution in [2.45, 2.75) is 25.1 Å². The third-order valence-corrected chi connectivity index (χ3v) is 3.88. The summed E-state index contributed by atoms with van der Waals surface area (Å²) in [5.74, 6) is -0.00916. The maximum atomic E-state index is 12.6. The number of benzene rings is 1. The number of halogens is 5. The molecule has 1 aliphatic rings. The first-order valence-corrected chi connectivity index (χ1v) is 7.24. The van der Waals surface area contributed by atoms with Crippen molar-refractivity contribution in [3.05, 3.63) is 28.8 Å². The van der Waals surface area contributed by atoms with E-state index in [0.717, 1.165) is 13.1 Å². The highest BCUT2D eigenvalue weighted by Crippen LogP contribution is 2.36. The molecule has 1 heterocycles. The van der Waals surface area contributed by atoms with Crippen LogP contribution in [0.15, 0.2) is 18.2 Å². The van der Waals surface area contributed by atoms with Gasteiger partial charge in [-0.3, -0.25) is 4.90 Å². The van der Waals surface area contributed by atoms with Gasteiger partial charge in [0, 0.05) is 49.2 Å². The number of nitrogens with one attached hydrogen (secondary N) is 1. The van der Waals surface area contributed by atoms with Gasteiger partial charge >= 0.3 is 6.18 Å². The third kappa shape index (κ3) is 5.50. The molecule has 0 bridgehead atoms. The van der Waals surface area contributed by atoms with Gasteiger partial charge in [-0.1, -0.05) is 11.6 Å². The lowest BCUT2D eigenvalue weighted by molar-refractivity contribution is -0.138. The summed E-state index contributed by atoms with van der Waals surface area (Å²) >= 11 is 5.93. The zero-order chi connectivity index (χ0) is 15.5. The minimum absolute atomic E-state index is 0. The van der Waals surface area contributed by atoms with Crippen molar-refractivity contribution >= 4 is 24.0 Å².